The molecule has 2 aromatic heterocycles. The van der Waals surface area contributed by atoms with Gasteiger partial charge in [0.2, 0.25) is 6.10 Å². The summed E-state index contributed by atoms with van der Waals surface area (Å²) in [6, 6.07) is 32.9. The number of hydrogen-bond donors (Lipinski definition) is 1. The molecule has 11 nitrogen and oxygen atoms in total. The lowest BCUT2D eigenvalue weighted by Gasteiger charge is -2.23. The summed E-state index contributed by atoms with van der Waals surface area (Å²) in [6.45, 7) is 5.10. The van der Waals surface area contributed by atoms with E-state index in [2.05, 4.69) is 4.98 Å². The van der Waals surface area contributed by atoms with Crippen LogP contribution in [0.3, 0.4) is 0 Å². The first-order valence-electron chi connectivity index (χ1n) is 18.1. The topological polar surface area (TPSA) is 134 Å². The fourth-order valence-electron chi connectivity index (χ4n) is 7.33. The van der Waals surface area contributed by atoms with Gasteiger partial charge in [0, 0.05) is 34.7 Å². The second kappa shape index (κ2) is 15.1. The van der Waals surface area contributed by atoms with Gasteiger partial charge in [-0.3, -0.25) is 4.79 Å². The molecule has 3 heterocycles. The van der Waals surface area contributed by atoms with Crippen molar-refractivity contribution >= 4 is 56.5 Å². The Hall–Kier alpha value is -6.85. The predicted octanol–water partition coefficient (Wildman–Crippen LogP) is 7.51. The van der Waals surface area contributed by atoms with Crippen LogP contribution in [-0.4, -0.2) is 53.8 Å². The average Bonchev–Trinajstić information content (AvgIpc) is 3.77. The number of fused-ring (bicyclic) bond motifs is 4. The highest BCUT2D eigenvalue weighted by Crippen LogP contribution is 2.38. The van der Waals surface area contributed by atoms with Gasteiger partial charge < -0.3 is 28.7 Å². The quantitative estimate of drug-likeness (QED) is 0.0689. The lowest BCUT2D eigenvalue weighted by atomic mass is 9.97. The van der Waals surface area contributed by atoms with Crippen molar-refractivity contribution in [3.63, 3.8) is 0 Å². The molecule has 0 spiro atoms. The third-order valence-electron chi connectivity index (χ3n) is 10.0. The largest absolute Gasteiger partial charge is 0.459 e. The second-order valence-corrected chi connectivity index (χ2v) is 13.6. The zero-order valence-electron chi connectivity index (χ0n) is 30.8. The number of hydrogen-bond acceptors (Lipinski definition) is 9. The van der Waals surface area contributed by atoms with Gasteiger partial charge in [-0.1, -0.05) is 54.6 Å². The van der Waals surface area contributed by atoms with Crippen LogP contribution in [0.5, 0.6) is 5.75 Å². The van der Waals surface area contributed by atoms with Crippen molar-refractivity contribution in [3.05, 3.63) is 155 Å². The van der Waals surface area contributed by atoms with Gasteiger partial charge >= 0.3 is 30.1 Å². The summed E-state index contributed by atoms with van der Waals surface area (Å²) in [4.78, 5) is 55.8. The van der Waals surface area contributed by atoms with Gasteiger partial charge in [0.25, 0.3) is 0 Å². The maximum absolute atomic E-state index is 13.7. The molecule has 1 saturated heterocycles. The summed E-state index contributed by atoms with van der Waals surface area (Å²) in [5, 5.41) is 3.69. The Labute approximate surface area is 321 Å². The van der Waals surface area contributed by atoms with Gasteiger partial charge in [-0.2, -0.15) is 4.57 Å². The molecule has 56 heavy (non-hydrogen) atoms. The SMILES string of the molecule is CC(=O)Oc1ccc2[nH]c3c(C)c4cc[n+]([C@H]5O[C@H](COC(=O)c6ccccc6)[C@@H](OC(=O)c6ccccc6)[C@@H]5OC(=O)c5ccccc5)cc4c(C)c3c2c1. The fourth-order valence-corrected chi connectivity index (χ4v) is 7.33. The molecule has 4 atom stereocenters. The molecule has 0 radical (unpaired) electrons. The number of benzene rings is 5. The highest BCUT2D eigenvalue weighted by Gasteiger charge is 2.55. The Kier molecular flexibility index (Phi) is 9.76. The van der Waals surface area contributed by atoms with E-state index in [-0.39, 0.29) is 12.2 Å². The van der Waals surface area contributed by atoms with Crippen LogP contribution >= 0.6 is 0 Å². The number of carbonyl (C=O) groups excluding carboxylic acids is 4. The molecule has 280 valence electrons. The van der Waals surface area contributed by atoms with Gasteiger partial charge in [0.05, 0.1) is 22.2 Å². The van der Waals surface area contributed by atoms with E-state index >= 15 is 0 Å². The van der Waals surface area contributed by atoms with Crippen LogP contribution in [0.15, 0.2) is 128 Å². The number of nitrogens with one attached hydrogen (secondary N) is 1. The third-order valence-corrected chi connectivity index (χ3v) is 10.0. The predicted molar refractivity (Wildman–Crippen MR) is 206 cm³/mol. The first kappa shape index (κ1) is 36.1. The molecule has 0 saturated carbocycles. The Balaban J connectivity index is 1.23. The maximum Gasteiger partial charge on any atom is 0.338 e. The summed E-state index contributed by atoms with van der Waals surface area (Å²) in [5.41, 5.74) is 4.69. The maximum atomic E-state index is 13.7. The molecule has 7 aromatic rings. The van der Waals surface area contributed by atoms with Crippen LogP contribution in [0, 0.1) is 13.8 Å². The monoisotopic (exact) mass is 749 g/mol. The molecule has 1 fully saturated rings. The van der Waals surface area contributed by atoms with E-state index in [4.69, 9.17) is 23.7 Å². The van der Waals surface area contributed by atoms with E-state index in [0.717, 1.165) is 43.7 Å². The first-order valence-corrected chi connectivity index (χ1v) is 18.1. The van der Waals surface area contributed by atoms with E-state index in [1.165, 1.54) is 6.92 Å². The standard InChI is InChI=1S/C45H36N2O9/c1-26-35-24-47(22-21-33(35)27(2)39-38(26)34-23-32(53-28(3)48)19-20-36(34)46-39)42-41(56-45(51)31-17-11-6-12-18-31)40(55-44(50)30-15-9-5-10-16-30)37(54-42)25-52-43(49)29-13-7-4-8-14-29/h4-24,37,40-42H,25H2,1-3H3/p+1/t37-,40-,41+,42+/m1/s1. The molecular weight excluding hydrogens is 712 g/mol. The minimum Gasteiger partial charge on any atom is -0.459 e. The van der Waals surface area contributed by atoms with Gasteiger partial charge in [-0.25, -0.2) is 14.4 Å². The molecule has 0 amide bonds. The summed E-state index contributed by atoms with van der Waals surface area (Å²) in [6.07, 6.45) is -0.682. The van der Waals surface area contributed by atoms with E-state index in [0.29, 0.717) is 16.9 Å². The molecular formula is C45H37N2O9+. The van der Waals surface area contributed by atoms with Crippen LogP contribution in [0.25, 0.3) is 32.6 Å². The smallest absolute Gasteiger partial charge is 0.338 e. The normalized spacial score (nSPS) is 17.8. The molecule has 0 aliphatic carbocycles. The number of aryl methyl sites for hydroxylation is 2. The van der Waals surface area contributed by atoms with E-state index in [1.807, 2.05) is 44.4 Å². The van der Waals surface area contributed by atoms with Crippen LogP contribution < -0.4 is 9.30 Å². The average molecular weight is 750 g/mol. The number of carbonyl (C=O) groups is 4. The number of aromatic amines is 1. The van der Waals surface area contributed by atoms with Crippen molar-refractivity contribution in [2.45, 2.75) is 45.3 Å². The highest BCUT2D eigenvalue weighted by atomic mass is 16.7. The molecule has 1 aliphatic heterocycles. The van der Waals surface area contributed by atoms with Crippen LogP contribution in [-0.2, 0) is 23.7 Å². The summed E-state index contributed by atoms with van der Waals surface area (Å²) in [7, 11) is 0. The number of H-pyrrole nitrogens is 1. The third kappa shape index (κ3) is 6.96. The summed E-state index contributed by atoms with van der Waals surface area (Å²) in [5.74, 6) is -1.88. The Morgan fingerprint density at radius 2 is 1.27 bits per heavy atom. The molecule has 11 heteroatoms. The molecule has 5 aromatic carbocycles. The number of ether oxygens (including phenoxy) is 5. The Morgan fingerprint density at radius 1 is 0.679 bits per heavy atom. The van der Waals surface area contributed by atoms with Crippen molar-refractivity contribution in [1.82, 2.24) is 4.98 Å². The first-order chi connectivity index (χ1) is 27.2. The summed E-state index contributed by atoms with van der Waals surface area (Å²) < 4.78 is 31.9. The van der Waals surface area contributed by atoms with Crippen LogP contribution in [0.1, 0.15) is 55.4 Å². The minimum absolute atomic E-state index is 0.285. The lowest BCUT2D eigenvalue weighted by Crippen LogP contribution is -2.48. The van der Waals surface area contributed by atoms with Crippen molar-refractivity contribution < 1.29 is 47.4 Å². The Morgan fingerprint density at radius 3 is 1.88 bits per heavy atom. The van der Waals surface area contributed by atoms with E-state index in [9.17, 15) is 19.2 Å². The number of rotatable bonds is 9. The van der Waals surface area contributed by atoms with Gasteiger partial charge in [-0.05, 0) is 85.0 Å². The number of aromatic nitrogens is 2. The Bertz CT molecular complexity index is 2620. The fraction of sp³-hybridized carbons (Fsp3) is 0.178. The van der Waals surface area contributed by atoms with Gasteiger partial charge in [0.1, 0.15) is 18.5 Å². The number of nitrogens with zero attached hydrogens (tertiary/aromatic N) is 1. The highest BCUT2D eigenvalue weighted by molar-refractivity contribution is 6.16. The molecule has 8 rings (SSSR count). The van der Waals surface area contributed by atoms with Gasteiger partial charge in [-0.15, -0.1) is 0 Å². The van der Waals surface area contributed by atoms with Gasteiger partial charge in [0.15, 0.2) is 18.5 Å². The molecule has 0 bridgehead atoms. The number of pyridine rings is 1. The summed E-state index contributed by atoms with van der Waals surface area (Å²) >= 11 is 0. The zero-order valence-corrected chi connectivity index (χ0v) is 30.8. The zero-order chi connectivity index (χ0) is 38.9. The molecule has 0 unspecified atom stereocenters. The van der Waals surface area contributed by atoms with Crippen molar-refractivity contribution in [2.75, 3.05) is 6.61 Å². The minimum atomic E-state index is -1.19. The molecule has 1 N–H and O–H groups in total. The number of esters is 4. The molecule has 1 aliphatic rings. The van der Waals surface area contributed by atoms with Crippen molar-refractivity contribution in [1.29, 1.82) is 0 Å². The van der Waals surface area contributed by atoms with E-state index < -0.39 is 48.4 Å². The van der Waals surface area contributed by atoms with Crippen LogP contribution in [0.4, 0.5) is 0 Å². The van der Waals surface area contributed by atoms with Crippen molar-refractivity contribution in [3.8, 4) is 5.75 Å². The lowest BCUT2D eigenvalue weighted by molar-refractivity contribution is -0.764. The second-order valence-electron chi connectivity index (χ2n) is 13.6. The van der Waals surface area contributed by atoms with E-state index in [1.54, 1.807) is 102 Å². The van der Waals surface area contributed by atoms with Crippen molar-refractivity contribution in [2.24, 2.45) is 0 Å². The van der Waals surface area contributed by atoms with Crippen LogP contribution in [0.2, 0.25) is 0 Å².